The summed E-state index contributed by atoms with van der Waals surface area (Å²) in [5, 5.41) is 5.65. The van der Waals surface area contributed by atoms with Crippen molar-refractivity contribution < 1.29 is 19.1 Å². The summed E-state index contributed by atoms with van der Waals surface area (Å²) in [5.41, 5.74) is 2.86. The van der Waals surface area contributed by atoms with Gasteiger partial charge in [0.15, 0.2) is 0 Å². The van der Waals surface area contributed by atoms with Gasteiger partial charge in [0.1, 0.15) is 17.7 Å². The molecule has 0 aliphatic rings. The molecular formula is C30H39N3O4. The van der Waals surface area contributed by atoms with Crippen LogP contribution in [0.15, 0.2) is 42.5 Å². The molecular weight excluding hydrogens is 466 g/mol. The van der Waals surface area contributed by atoms with Gasteiger partial charge in [0.25, 0.3) is 5.91 Å². The SMILES string of the molecule is C#Cc1ccccc1C(C(=O)Nc1c(C)cccc1C)N(CCCC)C(=O)C(C)NC(=O)OC(C)(C)C. The third-order valence-corrected chi connectivity index (χ3v) is 5.84. The number of alkyl carbamates (subject to hydrolysis) is 1. The summed E-state index contributed by atoms with van der Waals surface area (Å²) in [5.74, 6) is 1.86. The van der Waals surface area contributed by atoms with Gasteiger partial charge < -0.3 is 20.3 Å². The Bertz CT molecular complexity index is 1140. The molecule has 0 saturated carbocycles. The molecule has 0 aliphatic carbocycles. The molecule has 0 heterocycles. The van der Waals surface area contributed by atoms with E-state index in [1.807, 2.05) is 39.0 Å². The molecule has 2 atom stereocenters. The van der Waals surface area contributed by atoms with Gasteiger partial charge in [-0.25, -0.2) is 4.79 Å². The number of aryl methyl sites for hydroxylation is 2. The molecule has 0 bridgehead atoms. The van der Waals surface area contributed by atoms with Crippen LogP contribution in [-0.2, 0) is 14.3 Å². The highest BCUT2D eigenvalue weighted by Gasteiger charge is 2.35. The zero-order valence-electron chi connectivity index (χ0n) is 23.0. The molecule has 3 amide bonds. The van der Waals surface area contributed by atoms with Crippen LogP contribution in [0.2, 0.25) is 0 Å². The number of ether oxygens (including phenoxy) is 1. The van der Waals surface area contributed by atoms with E-state index < -0.39 is 29.7 Å². The monoisotopic (exact) mass is 505 g/mol. The number of carbonyl (C=O) groups is 3. The number of nitrogens with one attached hydrogen (secondary N) is 2. The molecule has 2 N–H and O–H groups in total. The zero-order valence-corrected chi connectivity index (χ0v) is 23.0. The second kappa shape index (κ2) is 13.0. The van der Waals surface area contributed by atoms with Crippen molar-refractivity contribution in [2.24, 2.45) is 0 Å². The first-order valence-corrected chi connectivity index (χ1v) is 12.6. The van der Waals surface area contributed by atoms with Crippen molar-refractivity contribution in [1.29, 1.82) is 0 Å². The number of rotatable bonds is 9. The zero-order chi connectivity index (χ0) is 27.8. The quantitative estimate of drug-likeness (QED) is 0.440. The average molecular weight is 506 g/mol. The molecule has 0 spiro atoms. The van der Waals surface area contributed by atoms with Crippen LogP contribution >= 0.6 is 0 Å². The number of unbranched alkanes of at least 4 members (excludes halogenated alkanes) is 1. The minimum atomic E-state index is -1.01. The number of anilines is 1. The fourth-order valence-corrected chi connectivity index (χ4v) is 4.01. The predicted molar refractivity (Wildman–Crippen MR) is 147 cm³/mol. The molecule has 2 aromatic carbocycles. The second-order valence-corrected chi connectivity index (χ2v) is 10.1. The van der Waals surface area contributed by atoms with E-state index in [-0.39, 0.29) is 5.91 Å². The van der Waals surface area contributed by atoms with Crippen LogP contribution in [0.25, 0.3) is 0 Å². The highest BCUT2D eigenvalue weighted by atomic mass is 16.6. The Balaban J connectivity index is 2.53. The highest BCUT2D eigenvalue weighted by molar-refractivity contribution is 6.00. The van der Waals surface area contributed by atoms with Gasteiger partial charge in [-0.15, -0.1) is 6.42 Å². The van der Waals surface area contributed by atoms with E-state index in [0.29, 0.717) is 29.8 Å². The number of hydrogen-bond acceptors (Lipinski definition) is 4. The van der Waals surface area contributed by atoms with Crippen LogP contribution < -0.4 is 10.6 Å². The Hall–Kier alpha value is -3.79. The van der Waals surface area contributed by atoms with Crippen molar-refractivity contribution in [3.63, 3.8) is 0 Å². The molecule has 0 radical (unpaired) electrons. The van der Waals surface area contributed by atoms with Crippen LogP contribution in [0, 0.1) is 26.2 Å². The maximum absolute atomic E-state index is 13.9. The third-order valence-electron chi connectivity index (χ3n) is 5.84. The number of nitrogens with zero attached hydrogens (tertiary/aromatic N) is 1. The molecule has 0 saturated heterocycles. The van der Waals surface area contributed by atoms with Crippen molar-refractivity contribution in [1.82, 2.24) is 10.2 Å². The number of carbonyl (C=O) groups excluding carboxylic acids is 3. The normalized spacial score (nSPS) is 12.6. The first-order valence-electron chi connectivity index (χ1n) is 12.6. The van der Waals surface area contributed by atoms with E-state index in [9.17, 15) is 14.4 Å². The second-order valence-electron chi connectivity index (χ2n) is 10.1. The van der Waals surface area contributed by atoms with Gasteiger partial charge >= 0.3 is 6.09 Å². The van der Waals surface area contributed by atoms with Crippen molar-refractivity contribution in [2.45, 2.75) is 79.0 Å². The highest BCUT2D eigenvalue weighted by Crippen LogP contribution is 2.29. The molecule has 37 heavy (non-hydrogen) atoms. The lowest BCUT2D eigenvalue weighted by atomic mass is 9.97. The van der Waals surface area contributed by atoms with Gasteiger partial charge in [0, 0.05) is 17.8 Å². The van der Waals surface area contributed by atoms with Crippen LogP contribution in [0.5, 0.6) is 0 Å². The van der Waals surface area contributed by atoms with E-state index in [4.69, 9.17) is 11.2 Å². The molecule has 198 valence electrons. The van der Waals surface area contributed by atoms with Gasteiger partial charge in [0.05, 0.1) is 0 Å². The number of terminal acetylenes is 1. The molecule has 2 rings (SSSR count). The fraction of sp³-hybridized carbons (Fsp3) is 0.433. The lowest BCUT2D eigenvalue weighted by molar-refractivity contribution is -0.140. The minimum absolute atomic E-state index is 0.305. The van der Waals surface area contributed by atoms with Gasteiger partial charge in [-0.2, -0.15) is 0 Å². The van der Waals surface area contributed by atoms with Crippen LogP contribution in [0.4, 0.5) is 10.5 Å². The third kappa shape index (κ3) is 8.11. The number of amides is 3. The van der Waals surface area contributed by atoms with Crippen molar-refractivity contribution in [3.8, 4) is 12.3 Å². The van der Waals surface area contributed by atoms with Crippen LogP contribution in [0.3, 0.4) is 0 Å². The Labute approximate surface area is 221 Å². The fourth-order valence-electron chi connectivity index (χ4n) is 4.01. The predicted octanol–water partition coefficient (Wildman–Crippen LogP) is 5.51. The van der Waals surface area contributed by atoms with Crippen molar-refractivity contribution in [2.75, 3.05) is 11.9 Å². The molecule has 0 fully saturated rings. The van der Waals surface area contributed by atoms with E-state index >= 15 is 0 Å². The summed E-state index contributed by atoms with van der Waals surface area (Å²) in [4.78, 5) is 41.6. The average Bonchev–Trinajstić information content (AvgIpc) is 2.82. The Morgan fingerprint density at radius 3 is 2.24 bits per heavy atom. The summed E-state index contributed by atoms with van der Waals surface area (Å²) in [6.45, 7) is 13.0. The molecule has 7 nitrogen and oxygen atoms in total. The topological polar surface area (TPSA) is 87.7 Å². The summed E-state index contributed by atoms with van der Waals surface area (Å²) in [6, 6.07) is 10.9. The maximum atomic E-state index is 13.9. The van der Waals surface area contributed by atoms with Crippen molar-refractivity contribution in [3.05, 3.63) is 64.7 Å². The maximum Gasteiger partial charge on any atom is 0.408 e. The summed E-state index contributed by atoms with van der Waals surface area (Å²) in [7, 11) is 0. The largest absolute Gasteiger partial charge is 0.444 e. The van der Waals surface area contributed by atoms with E-state index in [0.717, 1.165) is 17.5 Å². The molecule has 2 aromatic rings. The van der Waals surface area contributed by atoms with Gasteiger partial charge in [-0.05, 0) is 70.7 Å². The summed E-state index contributed by atoms with van der Waals surface area (Å²) >= 11 is 0. The van der Waals surface area contributed by atoms with Gasteiger partial charge in [-0.3, -0.25) is 9.59 Å². The Morgan fingerprint density at radius 1 is 1.05 bits per heavy atom. The Kier molecular flexibility index (Phi) is 10.3. The van der Waals surface area contributed by atoms with E-state index in [1.165, 1.54) is 4.90 Å². The first-order chi connectivity index (χ1) is 17.4. The van der Waals surface area contributed by atoms with Crippen LogP contribution in [-0.4, -0.2) is 41.0 Å². The molecule has 0 aromatic heterocycles. The molecule has 7 heteroatoms. The number of para-hydroxylation sites is 1. The molecule has 0 aliphatic heterocycles. The summed E-state index contributed by atoms with van der Waals surface area (Å²) in [6.07, 6.45) is 6.56. The Morgan fingerprint density at radius 2 is 1.68 bits per heavy atom. The van der Waals surface area contributed by atoms with Gasteiger partial charge in [-0.1, -0.05) is 55.7 Å². The van der Waals surface area contributed by atoms with Crippen molar-refractivity contribution >= 4 is 23.6 Å². The van der Waals surface area contributed by atoms with Gasteiger partial charge in [0.2, 0.25) is 5.91 Å². The minimum Gasteiger partial charge on any atom is -0.444 e. The first kappa shape index (κ1) is 29.4. The standard InChI is InChI=1S/C30H39N3O4/c1-9-11-19-33(28(35)22(5)31-29(36)37-30(6,7)8)26(24-18-13-12-17-23(24)10-2)27(34)32-25-20(3)15-14-16-21(25)4/h2,12-18,22,26H,9,11,19H2,1,3-8H3,(H,31,36)(H,32,34). The number of benzene rings is 2. The van der Waals surface area contributed by atoms with E-state index in [1.54, 1.807) is 52.0 Å². The summed E-state index contributed by atoms with van der Waals surface area (Å²) < 4.78 is 5.33. The smallest absolute Gasteiger partial charge is 0.408 e. The lowest BCUT2D eigenvalue weighted by Gasteiger charge is -2.34. The molecule has 2 unspecified atom stereocenters. The van der Waals surface area contributed by atoms with E-state index in [2.05, 4.69) is 16.6 Å². The lowest BCUT2D eigenvalue weighted by Crippen LogP contribution is -2.51. The number of hydrogen-bond donors (Lipinski definition) is 2. The van der Waals surface area contributed by atoms with Crippen LogP contribution in [0.1, 0.15) is 75.8 Å².